The lowest BCUT2D eigenvalue weighted by Crippen LogP contribution is -2.28. The minimum Gasteiger partial charge on any atom is -0.380 e. The van der Waals surface area contributed by atoms with Crippen molar-refractivity contribution in [2.75, 3.05) is 5.32 Å². The molecule has 27 heavy (non-hydrogen) atoms. The summed E-state index contributed by atoms with van der Waals surface area (Å²) in [6.45, 7) is 1.85. The normalized spacial score (nSPS) is 11.8. The van der Waals surface area contributed by atoms with Gasteiger partial charge in [0, 0.05) is 43.5 Å². The van der Waals surface area contributed by atoms with E-state index in [4.69, 9.17) is 5.41 Å². The van der Waals surface area contributed by atoms with Gasteiger partial charge in [-0.1, -0.05) is 12.1 Å². The number of aromatic nitrogens is 3. The van der Waals surface area contributed by atoms with E-state index >= 15 is 0 Å². The molecule has 3 rings (SSSR count). The van der Waals surface area contributed by atoms with Crippen LogP contribution in [0.25, 0.3) is 11.3 Å². The average molecular weight is 365 g/mol. The van der Waals surface area contributed by atoms with E-state index in [2.05, 4.69) is 15.3 Å². The third-order valence-electron chi connectivity index (χ3n) is 4.17. The Bertz CT molecular complexity index is 1020. The molecule has 0 aliphatic carbocycles. The van der Waals surface area contributed by atoms with Crippen molar-refractivity contribution in [2.24, 2.45) is 7.05 Å². The quantitative estimate of drug-likeness (QED) is 0.657. The van der Waals surface area contributed by atoms with E-state index in [0.29, 0.717) is 11.4 Å². The van der Waals surface area contributed by atoms with Crippen LogP contribution in [0.15, 0.2) is 59.7 Å². The summed E-state index contributed by atoms with van der Waals surface area (Å²) in [6.07, 6.45) is 3.54. The maximum absolute atomic E-state index is 13.8. The van der Waals surface area contributed by atoms with E-state index < -0.39 is 0 Å². The lowest BCUT2D eigenvalue weighted by Gasteiger charge is -2.17. The number of benzene rings is 1. The molecule has 2 N–H and O–H groups in total. The van der Waals surface area contributed by atoms with Crippen LogP contribution in [0.4, 0.5) is 10.1 Å². The largest absolute Gasteiger partial charge is 0.380 e. The van der Waals surface area contributed by atoms with Gasteiger partial charge in [-0.3, -0.25) is 14.3 Å². The van der Waals surface area contributed by atoms with Crippen molar-refractivity contribution >= 4 is 11.4 Å². The van der Waals surface area contributed by atoms with Crippen LogP contribution in [0.1, 0.15) is 19.2 Å². The monoisotopic (exact) mass is 365 g/mol. The highest BCUT2D eigenvalue weighted by atomic mass is 19.1. The van der Waals surface area contributed by atoms with Crippen LogP contribution in [0.3, 0.4) is 0 Å². The zero-order chi connectivity index (χ0) is 19.4. The van der Waals surface area contributed by atoms with Crippen molar-refractivity contribution in [3.8, 4) is 11.3 Å². The summed E-state index contributed by atoms with van der Waals surface area (Å²) in [4.78, 5) is 20.8. The molecule has 7 heteroatoms. The Kier molecular flexibility index (Phi) is 5.40. The molecule has 0 bridgehead atoms. The van der Waals surface area contributed by atoms with Gasteiger partial charge in [0.2, 0.25) is 0 Å². The van der Waals surface area contributed by atoms with Gasteiger partial charge >= 0.3 is 0 Å². The van der Waals surface area contributed by atoms with Gasteiger partial charge in [0.15, 0.2) is 5.82 Å². The van der Waals surface area contributed by atoms with Gasteiger partial charge in [-0.15, -0.1) is 0 Å². The Balaban J connectivity index is 1.83. The number of rotatable bonds is 6. The molecule has 0 saturated carbocycles. The Morgan fingerprint density at radius 2 is 1.96 bits per heavy atom. The number of hydrogen-bond acceptors (Lipinski definition) is 5. The highest BCUT2D eigenvalue weighted by molar-refractivity contribution is 5.96. The summed E-state index contributed by atoms with van der Waals surface area (Å²) in [5.41, 5.74) is 1.59. The fourth-order valence-electron chi connectivity index (χ4n) is 2.77. The molecule has 138 valence electrons. The molecule has 0 spiro atoms. The predicted molar refractivity (Wildman–Crippen MR) is 104 cm³/mol. The molecule has 0 radical (unpaired) electrons. The molecule has 0 unspecified atom stereocenters. The number of pyridine rings is 1. The Morgan fingerprint density at radius 3 is 2.67 bits per heavy atom. The van der Waals surface area contributed by atoms with Crippen LogP contribution in [-0.2, 0) is 7.05 Å². The minimum atomic E-state index is -0.346. The van der Waals surface area contributed by atoms with Gasteiger partial charge in [0.1, 0.15) is 5.82 Å². The number of halogens is 1. The summed E-state index contributed by atoms with van der Waals surface area (Å²) in [7, 11) is 1.59. The zero-order valence-corrected chi connectivity index (χ0v) is 15.1. The van der Waals surface area contributed by atoms with Gasteiger partial charge in [-0.2, -0.15) is 0 Å². The maximum atomic E-state index is 13.8. The summed E-state index contributed by atoms with van der Waals surface area (Å²) in [5.74, 6) is -0.0578. The van der Waals surface area contributed by atoms with Crippen molar-refractivity contribution in [2.45, 2.75) is 19.4 Å². The van der Waals surface area contributed by atoms with Gasteiger partial charge in [0.05, 0.1) is 17.1 Å². The molecular formula is C20H20FN5O. The second-order valence-corrected chi connectivity index (χ2v) is 6.31. The van der Waals surface area contributed by atoms with Crippen molar-refractivity contribution in [1.82, 2.24) is 14.5 Å². The van der Waals surface area contributed by atoms with Crippen LogP contribution < -0.4 is 10.9 Å². The number of anilines is 1. The third kappa shape index (κ3) is 4.25. The molecule has 1 atom stereocenters. The summed E-state index contributed by atoms with van der Waals surface area (Å²) in [5, 5.41) is 11.5. The summed E-state index contributed by atoms with van der Waals surface area (Å²) >= 11 is 0. The first kappa shape index (κ1) is 18.4. The molecule has 6 nitrogen and oxygen atoms in total. The molecular weight excluding hydrogens is 345 g/mol. The topological polar surface area (TPSA) is 83.7 Å². The van der Waals surface area contributed by atoms with E-state index in [1.807, 2.05) is 6.92 Å². The van der Waals surface area contributed by atoms with Crippen LogP contribution in [0.2, 0.25) is 0 Å². The number of nitrogens with one attached hydrogen (secondary N) is 2. The second kappa shape index (κ2) is 7.90. The molecule has 0 amide bonds. The van der Waals surface area contributed by atoms with E-state index in [9.17, 15) is 9.18 Å². The van der Waals surface area contributed by atoms with Crippen molar-refractivity contribution < 1.29 is 4.39 Å². The van der Waals surface area contributed by atoms with Gasteiger partial charge < -0.3 is 10.7 Å². The van der Waals surface area contributed by atoms with Gasteiger partial charge in [-0.05, 0) is 31.2 Å². The first-order chi connectivity index (χ1) is 13.0. The molecule has 0 aliphatic rings. The first-order valence-corrected chi connectivity index (χ1v) is 8.53. The van der Waals surface area contributed by atoms with Gasteiger partial charge in [0.25, 0.3) is 5.56 Å². The maximum Gasteiger partial charge on any atom is 0.254 e. The standard InChI is InChI=1S/C20H20FN5O/c1-13(24-17-6-4-3-5-15(17)21)11-16(22)20-25-18(12-19(27)26(20)2)14-7-9-23-10-8-14/h3-10,12-13,22,24H,11H2,1-2H3/t13-/m1/s1. The van der Waals surface area contributed by atoms with E-state index in [1.54, 1.807) is 49.8 Å². The van der Waals surface area contributed by atoms with Crippen molar-refractivity contribution in [3.63, 3.8) is 0 Å². The van der Waals surface area contributed by atoms with Crippen molar-refractivity contribution in [1.29, 1.82) is 5.41 Å². The second-order valence-electron chi connectivity index (χ2n) is 6.31. The van der Waals surface area contributed by atoms with Crippen LogP contribution in [-0.4, -0.2) is 26.3 Å². The van der Waals surface area contributed by atoms with E-state index in [1.165, 1.54) is 16.7 Å². The fraction of sp³-hybridized carbons (Fsp3) is 0.200. The summed E-state index contributed by atoms with van der Waals surface area (Å²) in [6, 6.07) is 11.1. The van der Waals surface area contributed by atoms with Crippen molar-refractivity contribution in [3.05, 3.63) is 76.9 Å². The number of para-hydroxylation sites is 1. The van der Waals surface area contributed by atoms with Crippen LogP contribution >= 0.6 is 0 Å². The molecule has 2 heterocycles. The molecule has 3 aromatic rings. The fourth-order valence-corrected chi connectivity index (χ4v) is 2.77. The average Bonchev–Trinajstić information content (AvgIpc) is 2.66. The molecule has 0 saturated heterocycles. The molecule has 0 aliphatic heterocycles. The third-order valence-corrected chi connectivity index (χ3v) is 4.17. The predicted octanol–water partition coefficient (Wildman–Crippen LogP) is 3.24. The van der Waals surface area contributed by atoms with Crippen LogP contribution in [0.5, 0.6) is 0 Å². The highest BCUT2D eigenvalue weighted by Gasteiger charge is 2.15. The minimum absolute atomic E-state index is 0.196. The van der Waals surface area contributed by atoms with E-state index in [-0.39, 0.29) is 35.4 Å². The van der Waals surface area contributed by atoms with E-state index in [0.717, 1.165) is 5.56 Å². The van der Waals surface area contributed by atoms with Crippen LogP contribution in [0, 0.1) is 11.2 Å². The molecule has 2 aromatic heterocycles. The lowest BCUT2D eigenvalue weighted by atomic mass is 10.1. The Labute approximate surface area is 156 Å². The Hall–Kier alpha value is -3.35. The number of hydrogen-bond donors (Lipinski definition) is 2. The molecule has 1 aromatic carbocycles. The number of nitrogens with zero attached hydrogens (tertiary/aromatic N) is 3. The highest BCUT2D eigenvalue weighted by Crippen LogP contribution is 2.17. The first-order valence-electron chi connectivity index (χ1n) is 8.53. The zero-order valence-electron chi connectivity index (χ0n) is 15.1. The molecule has 0 fully saturated rings. The smallest absolute Gasteiger partial charge is 0.254 e. The SMILES string of the molecule is C[C@H](CC(=N)c1nc(-c2ccncc2)cc(=O)n1C)Nc1ccccc1F. The Morgan fingerprint density at radius 1 is 1.26 bits per heavy atom. The lowest BCUT2D eigenvalue weighted by molar-refractivity contribution is 0.626. The summed E-state index contributed by atoms with van der Waals surface area (Å²) < 4.78 is 15.1. The van der Waals surface area contributed by atoms with Gasteiger partial charge in [-0.25, -0.2) is 9.37 Å².